The highest BCUT2D eigenvalue weighted by Crippen LogP contribution is 2.32. The lowest BCUT2D eigenvalue weighted by Gasteiger charge is -2.27. The number of hydrogen-bond acceptors (Lipinski definition) is 9. The monoisotopic (exact) mass is 450 g/mol. The normalized spacial score (nSPS) is 13.6. The molecule has 0 unspecified atom stereocenters. The van der Waals surface area contributed by atoms with E-state index in [4.69, 9.17) is 4.74 Å². The molecule has 0 saturated heterocycles. The number of H-pyrrole nitrogens is 1. The predicted octanol–water partition coefficient (Wildman–Crippen LogP) is 2.40. The van der Waals surface area contributed by atoms with Crippen molar-refractivity contribution in [3.05, 3.63) is 85.3 Å². The summed E-state index contributed by atoms with van der Waals surface area (Å²) in [5.74, 6) is -0.148. The van der Waals surface area contributed by atoms with E-state index in [0.29, 0.717) is 24.2 Å². The molecule has 0 fully saturated rings. The molecule has 4 rings (SSSR count). The van der Waals surface area contributed by atoms with Gasteiger partial charge in [0.25, 0.3) is 11.2 Å². The fraction of sp³-hybridized carbons (Fsp3) is 0.227. The molecule has 3 N–H and O–H groups in total. The Morgan fingerprint density at radius 2 is 2.15 bits per heavy atom. The Morgan fingerprint density at radius 1 is 1.36 bits per heavy atom. The lowest BCUT2D eigenvalue weighted by atomic mass is 10.1. The third-order valence-corrected chi connectivity index (χ3v) is 5.30. The summed E-state index contributed by atoms with van der Waals surface area (Å²) in [4.78, 5) is 32.6. The molecule has 11 heteroatoms. The summed E-state index contributed by atoms with van der Waals surface area (Å²) in [7, 11) is 1.30. The molecule has 1 aliphatic heterocycles. The van der Waals surface area contributed by atoms with Crippen molar-refractivity contribution in [1.82, 2.24) is 14.9 Å². The fourth-order valence-electron chi connectivity index (χ4n) is 3.67. The Morgan fingerprint density at radius 3 is 2.88 bits per heavy atom. The van der Waals surface area contributed by atoms with Crippen molar-refractivity contribution in [2.75, 3.05) is 19.1 Å². The van der Waals surface area contributed by atoms with Crippen LogP contribution in [0.15, 0.2) is 52.4 Å². The topological polar surface area (TPSA) is 146 Å². The van der Waals surface area contributed by atoms with Crippen LogP contribution in [-0.2, 0) is 19.5 Å². The highest BCUT2D eigenvalue weighted by Gasteiger charge is 2.21. The standard InChI is InChI=1S/C22H22N6O5/c1-33-20-10-18(28(31)32)15(9-19(20)29)11-23-26-22-24-17-7-8-27(13-16(17)21(30)25-22)12-14-5-3-2-4-6-14/h2-6,9-11,29H,7-8,12-13H2,1H3,(H2,24,25,26,30)/b23-11-. The van der Waals surface area contributed by atoms with E-state index < -0.39 is 4.92 Å². The van der Waals surface area contributed by atoms with Crippen molar-refractivity contribution in [1.29, 1.82) is 0 Å². The second-order valence-electron chi connectivity index (χ2n) is 7.50. The largest absolute Gasteiger partial charge is 0.504 e. The van der Waals surface area contributed by atoms with E-state index in [0.717, 1.165) is 19.2 Å². The fourth-order valence-corrected chi connectivity index (χ4v) is 3.67. The van der Waals surface area contributed by atoms with Crippen LogP contribution in [0.2, 0.25) is 0 Å². The van der Waals surface area contributed by atoms with Gasteiger partial charge in [-0.15, -0.1) is 0 Å². The van der Waals surface area contributed by atoms with Crippen molar-refractivity contribution >= 4 is 17.9 Å². The number of aromatic amines is 1. The van der Waals surface area contributed by atoms with Crippen LogP contribution in [0.3, 0.4) is 0 Å². The maximum atomic E-state index is 12.6. The summed E-state index contributed by atoms with van der Waals surface area (Å²) in [5, 5.41) is 25.1. The van der Waals surface area contributed by atoms with Gasteiger partial charge in [-0.3, -0.25) is 24.8 Å². The second-order valence-corrected chi connectivity index (χ2v) is 7.50. The van der Waals surface area contributed by atoms with Crippen LogP contribution >= 0.6 is 0 Å². The van der Waals surface area contributed by atoms with Gasteiger partial charge in [0, 0.05) is 26.1 Å². The average molecular weight is 450 g/mol. The number of aromatic nitrogens is 2. The molecule has 0 bridgehead atoms. The first kappa shape index (κ1) is 22.0. The van der Waals surface area contributed by atoms with E-state index in [-0.39, 0.29) is 34.3 Å². The third-order valence-electron chi connectivity index (χ3n) is 5.30. The summed E-state index contributed by atoms with van der Waals surface area (Å²) < 4.78 is 4.90. The number of phenolic OH excluding ortho intramolecular Hbond substituents is 1. The SMILES string of the molecule is COc1cc([N+](=O)[O-])c(/C=N\Nc2nc3c(c(=O)[nH]2)CN(Cc2ccccc2)CC3)cc1O. The van der Waals surface area contributed by atoms with Gasteiger partial charge in [-0.2, -0.15) is 5.10 Å². The summed E-state index contributed by atoms with van der Waals surface area (Å²) in [6.45, 7) is 2.00. The zero-order valence-electron chi connectivity index (χ0n) is 17.8. The minimum absolute atomic E-state index is 0.0196. The van der Waals surface area contributed by atoms with E-state index >= 15 is 0 Å². The van der Waals surface area contributed by atoms with Gasteiger partial charge < -0.3 is 9.84 Å². The first-order valence-corrected chi connectivity index (χ1v) is 10.2. The van der Waals surface area contributed by atoms with Crippen LogP contribution in [0, 0.1) is 10.1 Å². The molecule has 0 aliphatic carbocycles. The highest BCUT2D eigenvalue weighted by molar-refractivity contribution is 5.87. The lowest BCUT2D eigenvalue weighted by Crippen LogP contribution is -2.35. The van der Waals surface area contributed by atoms with E-state index in [1.165, 1.54) is 25.0 Å². The van der Waals surface area contributed by atoms with Gasteiger partial charge in [0.1, 0.15) is 0 Å². The molecule has 0 saturated carbocycles. The molecule has 0 spiro atoms. The first-order chi connectivity index (χ1) is 15.9. The number of benzene rings is 2. The molecular weight excluding hydrogens is 428 g/mol. The van der Waals surface area contributed by atoms with Crippen molar-refractivity contribution in [2.45, 2.75) is 19.5 Å². The van der Waals surface area contributed by atoms with Gasteiger partial charge in [-0.25, -0.2) is 10.4 Å². The van der Waals surface area contributed by atoms with E-state index in [2.05, 4.69) is 37.5 Å². The van der Waals surface area contributed by atoms with Gasteiger partial charge in [0.05, 0.1) is 41.1 Å². The van der Waals surface area contributed by atoms with Gasteiger partial charge >= 0.3 is 0 Å². The number of methoxy groups -OCH3 is 1. The number of nitro benzene ring substituents is 1. The van der Waals surface area contributed by atoms with Crippen molar-refractivity contribution in [3.8, 4) is 11.5 Å². The summed E-state index contributed by atoms with van der Waals surface area (Å²) in [6.07, 6.45) is 1.78. The number of nitrogens with one attached hydrogen (secondary N) is 2. The summed E-state index contributed by atoms with van der Waals surface area (Å²) >= 11 is 0. The second kappa shape index (κ2) is 9.49. The summed E-state index contributed by atoms with van der Waals surface area (Å²) in [5.41, 5.74) is 4.59. The number of hydrazone groups is 1. The quantitative estimate of drug-likeness (QED) is 0.283. The van der Waals surface area contributed by atoms with Crippen LogP contribution in [0.4, 0.5) is 11.6 Å². The Labute approximate surface area is 188 Å². The molecule has 1 aromatic heterocycles. The van der Waals surface area contributed by atoms with E-state index in [9.17, 15) is 20.0 Å². The number of aromatic hydroxyl groups is 1. The minimum Gasteiger partial charge on any atom is -0.504 e. The maximum absolute atomic E-state index is 12.6. The van der Waals surface area contributed by atoms with E-state index in [1.54, 1.807) is 0 Å². The number of ether oxygens (including phenoxy) is 1. The average Bonchev–Trinajstić information content (AvgIpc) is 2.80. The van der Waals surface area contributed by atoms with Gasteiger partial charge in [0.2, 0.25) is 5.95 Å². The van der Waals surface area contributed by atoms with E-state index in [1.807, 2.05) is 18.2 Å². The molecule has 33 heavy (non-hydrogen) atoms. The zero-order valence-corrected chi connectivity index (χ0v) is 17.8. The number of fused-ring (bicyclic) bond motifs is 1. The number of anilines is 1. The first-order valence-electron chi connectivity index (χ1n) is 10.2. The smallest absolute Gasteiger partial charge is 0.282 e. The molecule has 11 nitrogen and oxygen atoms in total. The van der Waals surface area contributed by atoms with Crippen LogP contribution in [-0.4, -0.2) is 44.8 Å². The van der Waals surface area contributed by atoms with Crippen LogP contribution < -0.4 is 15.7 Å². The molecule has 3 aromatic rings. The lowest BCUT2D eigenvalue weighted by molar-refractivity contribution is -0.385. The molecule has 2 aromatic carbocycles. The predicted molar refractivity (Wildman–Crippen MR) is 122 cm³/mol. The van der Waals surface area contributed by atoms with Crippen LogP contribution in [0.1, 0.15) is 22.4 Å². The summed E-state index contributed by atoms with van der Waals surface area (Å²) in [6, 6.07) is 12.3. The Hall–Kier alpha value is -4.25. The Bertz CT molecular complexity index is 1260. The Kier molecular flexibility index (Phi) is 6.31. The number of nitro groups is 1. The Balaban J connectivity index is 1.48. The van der Waals surface area contributed by atoms with Crippen molar-refractivity contribution in [2.24, 2.45) is 5.10 Å². The number of rotatable bonds is 7. The maximum Gasteiger partial charge on any atom is 0.282 e. The third kappa shape index (κ3) is 4.99. The number of nitrogens with zero attached hydrogens (tertiary/aromatic N) is 4. The van der Waals surface area contributed by atoms with Gasteiger partial charge in [-0.1, -0.05) is 30.3 Å². The molecule has 0 radical (unpaired) electrons. The van der Waals surface area contributed by atoms with Gasteiger partial charge in [-0.05, 0) is 11.6 Å². The highest BCUT2D eigenvalue weighted by atomic mass is 16.6. The molecule has 0 atom stereocenters. The number of hydrogen-bond donors (Lipinski definition) is 3. The molecule has 0 amide bonds. The van der Waals surface area contributed by atoms with Crippen LogP contribution in [0.25, 0.3) is 0 Å². The van der Waals surface area contributed by atoms with Crippen molar-refractivity contribution < 1.29 is 14.8 Å². The van der Waals surface area contributed by atoms with Crippen LogP contribution in [0.5, 0.6) is 11.5 Å². The number of phenols is 1. The minimum atomic E-state index is -0.608. The molecular formula is C22H22N6O5. The van der Waals surface area contributed by atoms with Crippen molar-refractivity contribution in [3.63, 3.8) is 0 Å². The zero-order chi connectivity index (χ0) is 23.4. The molecule has 2 heterocycles. The molecule has 1 aliphatic rings. The van der Waals surface area contributed by atoms with Gasteiger partial charge in [0.15, 0.2) is 11.5 Å². The molecule has 170 valence electrons.